The number of likely N-dealkylation sites (tertiary alicyclic amines) is 1. The van der Waals surface area contributed by atoms with Crippen LogP contribution >= 0.6 is 11.3 Å². The number of thiazole rings is 1. The van der Waals surface area contributed by atoms with Gasteiger partial charge in [-0.25, -0.2) is 9.78 Å². The SMILES string of the molecule is Cc1nc(NC(=O)Oc2ccccc2)sc1CN1CCC(C)CC1. The number of hydrogen-bond acceptors (Lipinski definition) is 5. The molecule has 0 atom stereocenters. The monoisotopic (exact) mass is 345 g/mol. The standard InChI is InChI=1S/C18H23N3O2S/c1-13-8-10-21(11-9-13)12-16-14(2)19-17(24-16)20-18(22)23-15-6-4-3-5-7-15/h3-7,13H,8-12H2,1-2H3,(H,19,20,22). The van der Waals surface area contributed by atoms with E-state index in [1.54, 1.807) is 12.1 Å². The summed E-state index contributed by atoms with van der Waals surface area (Å²) in [5.41, 5.74) is 0.980. The van der Waals surface area contributed by atoms with Gasteiger partial charge in [-0.05, 0) is 50.9 Å². The number of ether oxygens (including phenoxy) is 1. The Labute approximate surface area is 146 Å². The fourth-order valence-corrected chi connectivity index (χ4v) is 3.75. The van der Waals surface area contributed by atoms with Crippen molar-refractivity contribution in [3.8, 4) is 5.75 Å². The number of aromatic nitrogens is 1. The van der Waals surface area contributed by atoms with Gasteiger partial charge in [-0.2, -0.15) is 0 Å². The van der Waals surface area contributed by atoms with E-state index in [9.17, 15) is 4.79 Å². The maximum absolute atomic E-state index is 12.0. The van der Waals surface area contributed by atoms with E-state index in [0.717, 1.165) is 31.2 Å². The van der Waals surface area contributed by atoms with Gasteiger partial charge in [0, 0.05) is 11.4 Å². The maximum atomic E-state index is 12.0. The molecule has 1 amide bonds. The molecule has 1 aromatic heterocycles. The summed E-state index contributed by atoms with van der Waals surface area (Å²) >= 11 is 1.53. The summed E-state index contributed by atoms with van der Waals surface area (Å²) in [6, 6.07) is 9.02. The van der Waals surface area contributed by atoms with Crippen molar-refractivity contribution in [1.82, 2.24) is 9.88 Å². The molecule has 0 saturated carbocycles. The molecule has 1 aromatic carbocycles. The number of rotatable bonds is 4. The summed E-state index contributed by atoms with van der Waals surface area (Å²) in [4.78, 5) is 20.1. The molecule has 3 rings (SSSR count). The summed E-state index contributed by atoms with van der Waals surface area (Å²) in [6.07, 6.45) is 2.01. The highest BCUT2D eigenvalue weighted by atomic mass is 32.1. The maximum Gasteiger partial charge on any atom is 0.418 e. The largest absolute Gasteiger partial charge is 0.418 e. The van der Waals surface area contributed by atoms with Gasteiger partial charge in [0.1, 0.15) is 5.75 Å². The number of anilines is 1. The minimum absolute atomic E-state index is 0.506. The van der Waals surface area contributed by atoms with Gasteiger partial charge in [-0.1, -0.05) is 36.5 Å². The Hall–Kier alpha value is -1.92. The number of para-hydroxylation sites is 1. The van der Waals surface area contributed by atoms with E-state index in [-0.39, 0.29) is 0 Å². The zero-order chi connectivity index (χ0) is 16.9. The smallest absolute Gasteiger partial charge is 0.410 e. The van der Waals surface area contributed by atoms with Crippen LogP contribution in [0.4, 0.5) is 9.93 Å². The Morgan fingerprint density at radius 1 is 1.33 bits per heavy atom. The van der Waals surface area contributed by atoms with Crippen molar-refractivity contribution in [2.24, 2.45) is 5.92 Å². The normalized spacial score (nSPS) is 16.1. The first-order valence-electron chi connectivity index (χ1n) is 8.32. The van der Waals surface area contributed by atoms with Gasteiger partial charge < -0.3 is 4.74 Å². The predicted octanol–water partition coefficient (Wildman–Crippen LogP) is 4.29. The van der Waals surface area contributed by atoms with Crippen LogP contribution in [0.3, 0.4) is 0 Å². The molecule has 1 fully saturated rings. The molecule has 128 valence electrons. The lowest BCUT2D eigenvalue weighted by molar-refractivity contribution is 0.186. The van der Waals surface area contributed by atoms with Crippen LogP contribution in [-0.2, 0) is 6.54 Å². The van der Waals surface area contributed by atoms with Crippen LogP contribution in [0.1, 0.15) is 30.3 Å². The van der Waals surface area contributed by atoms with Crippen molar-refractivity contribution in [2.75, 3.05) is 18.4 Å². The van der Waals surface area contributed by atoms with Gasteiger partial charge in [0.25, 0.3) is 0 Å². The summed E-state index contributed by atoms with van der Waals surface area (Å²) in [7, 11) is 0. The number of carbonyl (C=O) groups excluding carboxylic acids is 1. The van der Waals surface area contributed by atoms with Gasteiger partial charge in [0.05, 0.1) is 5.69 Å². The molecule has 6 heteroatoms. The van der Waals surface area contributed by atoms with E-state index in [1.807, 2.05) is 25.1 Å². The van der Waals surface area contributed by atoms with Crippen LogP contribution in [0, 0.1) is 12.8 Å². The lowest BCUT2D eigenvalue weighted by Crippen LogP contribution is -2.32. The molecule has 2 heterocycles. The fourth-order valence-electron chi connectivity index (χ4n) is 2.76. The Kier molecular flexibility index (Phi) is 5.48. The molecular formula is C18H23N3O2S. The number of aryl methyl sites for hydroxylation is 1. The van der Waals surface area contributed by atoms with Gasteiger partial charge in [0.2, 0.25) is 0 Å². The van der Waals surface area contributed by atoms with Crippen molar-refractivity contribution in [3.63, 3.8) is 0 Å². The first-order chi connectivity index (χ1) is 11.6. The molecule has 1 N–H and O–H groups in total. The van der Waals surface area contributed by atoms with Gasteiger partial charge in [0.15, 0.2) is 5.13 Å². The number of carbonyl (C=O) groups is 1. The van der Waals surface area contributed by atoms with Crippen molar-refractivity contribution in [2.45, 2.75) is 33.2 Å². The van der Waals surface area contributed by atoms with E-state index < -0.39 is 6.09 Å². The second-order valence-corrected chi connectivity index (χ2v) is 7.40. The van der Waals surface area contributed by atoms with E-state index in [1.165, 1.54) is 29.1 Å². The summed E-state index contributed by atoms with van der Waals surface area (Å²) in [5, 5.41) is 3.32. The third-order valence-corrected chi connectivity index (χ3v) is 5.36. The fraction of sp³-hybridized carbons (Fsp3) is 0.444. The number of nitrogens with one attached hydrogen (secondary N) is 1. The van der Waals surface area contributed by atoms with E-state index in [0.29, 0.717) is 10.9 Å². The minimum atomic E-state index is -0.506. The highest BCUT2D eigenvalue weighted by Crippen LogP contribution is 2.26. The average molecular weight is 345 g/mol. The van der Waals surface area contributed by atoms with Crippen LogP contribution in [-0.4, -0.2) is 29.1 Å². The first kappa shape index (κ1) is 16.9. The third kappa shape index (κ3) is 4.55. The van der Waals surface area contributed by atoms with Crippen molar-refractivity contribution in [3.05, 3.63) is 40.9 Å². The summed E-state index contributed by atoms with van der Waals surface area (Å²) < 4.78 is 5.24. The molecule has 24 heavy (non-hydrogen) atoms. The minimum Gasteiger partial charge on any atom is -0.410 e. The van der Waals surface area contributed by atoms with E-state index in [4.69, 9.17) is 4.74 Å². The second kappa shape index (κ2) is 7.77. The molecule has 0 aliphatic carbocycles. The summed E-state index contributed by atoms with van der Waals surface area (Å²) in [6.45, 7) is 7.49. The first-order valence-corrected chi connectivity index (χ1v) is 9.14. The number of benzene rings is 1. The van der Waals surface area contributed by atoms with Crippen molar-refractivity contribution < 1.29 is 9.53 Å². The molecular weight excluding hydrogens is 322 g/mol. The molecule has 0 bridgehead atoms. The Bertz CT molecular complexity index is 679. The van der Waals surface area contributed by atoms with Gasteiger partial charge in [-0.3, -0.25) is 10.2 Å². The van der Waals surface area contributed by atoms with Crippen LogP contribution in [0.15, 0.2) is 30.3 Å². The molecule has 0 unspecified atom stereocenters. The lowest BCUT2D eigenvalue weighted by Gasteiger charge is -2.29. The van der Waals surface area contributed by atoms with Gasteiger partial charge in [-0.15, -0.1) is 0 Å². The van der Waals surface area contributed by atoms with Crippen LogP contribution in [0.25, 0.3) is 0 Å². The molecule has 1 saturated heterocycles. The molecule has 0 radical (unpaired) electrons. The Morgan fingerprint density at radius 3 is 2.75 bits per heavy atom. The number of hydrogen-bond donors (Lipinski definition) is 1. The Balaban J connectivity index is 1.56. The third-order valence-electron chi connectivity index (χ3n) is 4.30. The quantitative estimate of drug-likeness (QED) is 0.898. The Morgan fingerprint density at radius 2 is 2.04 bits per heavy atom. The van der Waals surface area contributed by atoms with E-state index in [2.05, 4.69) is 22.1 Å². The van der Waals surface area contributed by atoms with Crippen LogP contribution in [0.5, 0.6) is 5.75 Å². The van der Waals surface area contributed by atoms with Crippen LogP contribution < -0.4 is 10.1 Å². The average Bonchev–Trinajstić information content (AvgIpc) is 2.89. The zero-order valence-electron chi connectivity index (χ0n) is 14.1. The number of nitrogens with zero attached hydrogens (tertiary/aromatic N) is 2. The predicted molar refractivity (Wildman–Crippen MR) is 96.6 cm³/mol. The molecule has 0 spiro atoms. The molecule has 2 aromatic rings. The van der Waals surface area contributed by atoms with Gasteiger partial charge >= 0.3 is 6.09 Å². The van der Waals surface area contributed by atoms with E-state index >= 15 is 0 Å². The topological polar surface area (TPSA) is 54.5 Å². The number of piperidine rings is 1. The number of amides is 1. The summed E-state index contributed by atoms with van der Waals surface area (Å²) in [5.74, 6) is 1.35. The molecule has 1 aliphatic rings. The molecule has 1 aliphatic heterocycles. The lowest BCUT2D eigenvalue weighted by atomic mass is 9.99. The highest BCUT2D eigenvalue weighted by molar-refractivity contribution is 7.15. The van der Waals surface area contributed by atoms with Crippen LogP contribution in [0.2, 0.25) is 0 Å². The highest BCUT2D eigenvalue weighted by Gasteiger charge is 2.18. The van der Waals surface area contributed by atoms with Crippen molar-refractivity contribution >= 4 is 22.6 Å². The zero-order valence-corrected chi connectivity index (χ0v) is 14.9. The molecule has 5 nitrogen and oxygen atoms in total. The van der Waals surface area contributed by atoms with Crippen molar-refractivity contribution in [1.29, 1.82) is 0 Å². The second-order valence-electron chi connectivity index (χ2n) is 6.31.